The smallest absolute Gasteiger partial charge is 0.335 e. The fourth-order valence-electron chi connectivity index (χ4n) is 2.61. The number of nitrogens with one attached hydrogen (secondary N) is 1. The molecule has 2 rings (SSSR count). The number of carboxylic acid groups (broad SMARTS) is 1. The molecule has 1 fully saturated rings. The highest BCUT2D eigenvalue weighted by Gasteiger charge is 2.17. The number of carbonyl (C=O) groups is 1. The average Bonchev–Trinajstić information content (AvgIpc) is 2.49. The highest BCUT2D eigenvalue weighted by atomic mass is 16.5. The van der Waals surface area contributed by atoms with Crippen molar-refractivity contribution >= 4 is 5.97 Å². The summed E-state index contributed by atoms with van der Waals surface area (Å²) >= 11 is 0. The van der Waals surface area contributed by atoms with Gasteiger partial charge in [0, 0.05) is 19.1 Å². The zero-order valence-electron chi connectivity index (χ0n) is 12.5. The summed E-state index contributed by atoms with van der Waals surface area (Å²) in [5, 5.41) is 12.2. The summed E-state index contributed by atoms with van der Waals surface area (Å²) in [7, 11) is 2.19. The number of carboxylic acids is 1. The van der Waals surface area contributed by atoms with Crippen LogP contribution in [0, 0.1) is 0 Å². The summed E-state index contributed by atoms with van der Waals surface area (Å²) in [6, 6.07) is 7.13. The maximum absolute atomic E-state index is 10.7. The van der Waals surface area contributed by atoms with E-state index in [0.717, 1.165) is 13.1 Å². The van der Waals surface area contributed by atoms with Crippen molar-refractivity contribution in [2.45, 2.75) is 25.3 Å². The second-order valence-corrected chi connectivity index (χ2v) is 5.51. The lowest BCUT2D eigenvalue weighted by molar-refractivity contribution is 0.0697. The zero-order valence-corrected chi connectivity index (χ0v) is 12.5. The van der Waals surface area contributed by atoms with Gasteiger partial charge < -0.3 is 20.1 Å². The van der Waals surface area contributed by atoms with Crippen LogP contribution in [0.1, 0.15) is 29.6 Å². The first-order valence-corrected chi connectivity index (χ1v) is 7.54. The van der Waals surface area contributed by atoms with E-state index in [1.54, 1.807) is 24.3 Å². The number of piperidine rings is 1. The van der Waals surface area contributed by atoms with E-state index in [1.165, 1.54) is 25.8 Å². The minimum atomic E-state index is -0.917. The molecule has 1 aromatic rings. The number of benzene rings is 1. The Morgan fingerprint density at radius 1 is 1.38 bits per heavy atom. The van der Waals surface area contributed by atoms with Crippen LogP contribution >= 0.6 is 0 Å². The zero-order chi connectivity index (χ0) is 15.1. The third kappa shape index (κ3) is 5.02. The predicted octanol–water partition coefficient (Wildman–Crippen LogP) is 1.84. The molecule has 1 aromatic carbocycles. The van der Waals surface area contributed by atoms with Crippen molar-refractivity contribution in [2.24, 2.45) is 0 Å². The average molecular weight is 292 g/mol. The largest absolute Gasteiger partial charge is 0.492 e. The SMILES string of the molecule is CN1CCCCC1CNCCOc1ccc(C(=O)O)cc1. The molecule has 1 aliphatic heterocycles. The number of aromatic carboxylic acids is 1. The van der Waals surface area contributed by atoms with E-state index in [2.05, 4.69) is 17.3 Å². The lowest BCUT2D eigenvalue weighted by Crippen LogP contribution is -2.43. The number of hydrogen-bond donors (Lipinski definition) is 2. The third-order valence-corrected chi connectivity index (χ3v) is 3.95. The molecular weight excluding hydrogens is 268 g/mol. The molecule has 1 unspecified atom stereocenters. The number of hydrogen-bond acceptors (Lipinski definition) is 4. The second kappa shape index (κ2) is 8.00. The number of ether oxygens (including phenoxy) is 1. The van der Waals surface area contributed by atoms with Crippen molar-refractivity contribution in [3.05, 3.63) is 29.8 Å². The topological polar surface area (TPSA) is 61.8 Å². The lowest BCUT2D eigenvalue weighted by atomic mass is 10.0. The third-order valence-electron chi connectivity index (χ3n) is 3.95. The molecule has 1 heterocycles. The lowest BCUT2D eigenvalue weighted by Gasteiger charge is -2.32. The first-order chi connectivity index (χ1) is 10.2. The maximum atomic E-state index is 10.7. The molecule has 21 heavy (non-hydrogen) atoms. The molecule has 1 atom stereocenters. The van der Waals surface area contributed by atoms with Crippen molar-refractivity contribution < 1.29 is 14.6 Å². The van der Waals surface area contributed by atoms with Crippen LogP contribution in [-0.4, -0.2) is 55.3 Å². The molecule has 0 spiro atoms. The molecule has 0 aromatic heterocycles. The Morgan fingerprint density at radius 3 is 2.81 bits per heavy atom. The summed E-state index contributed by atoms with van der Waals surface area (Å²) in [6.07, 6.45) is 3.90. The summed E-state index contributed by atoms with van der Waals surface area (Å²) in [5.74, 6) is -0.212. The van der Waals surface area contributed by atoms with Crippen molar-refractivity contribution in [1.29, 1.82) is 0 Å². The first-order valence-electron chi connectivity index (χ1n) is 7.54. The van der Waals surface area contributed by atoms with Crippen LogP contribution in [0.3, 0.4) is 0 Å². The van der Waals surface area contributed by atoms with Crippen LogP contribution < -0.4 is 10.1 Å². The molecule has 5 nitrogen and oxygen atoms in total. The Labute approximate surface area is 125 Å². The molecular formula is C16H24N2O3. The summed E-state index contributed by atoms with van der Waals surface area (Å²) in [4.78, 5) is 13.2. The molecule has 5 heteroatoms. The van der Waals surface area contributed by atoms with E-state index in [4.69, 9.17) is 9.84 Å². The standard InChI is InChI=1S/C16H24N2O3/c1-18-10-3-2-4-14(18)12-17-9-11-21-15-7-5-13(6-8-15)16(19)20/h5-8,14,17H,2-4,9-12H2,1H3,(H,19,20). The van der Waals surface area contributed by atoms with Crippen LogP contribution in [0.15, 0.2) is 24.3 Å². The number of likely N-dealkylation sites (tertiary alicyclic amines) is 1. The van der Waals surface area contributed by atoms with Crippen LogP contribution in [0.4, 0.5) is 0 Å². The normalized spacial score (nSPS) is 19.4. The van der Waals surface area contributed by atoms with Crippen LogP contribution in [0.2, 0.25) is 0 Å². The summed E-state index contributed by atoms with van der Waals surface area (Å²) in [6.45, 7) is 3.57. The molecule has 116 valence electrons. The molecule has 1 saturated heterocycles. The van der Waals surface area contributed by atoms with Crippen LogP contribution in [0.25, 0.3) is 0 Å². The van der Waals surface area contributed by atoms with Crippen molar-refractivity contribution in [3.63, 3.8) is 0 Å². The molecule has 1 aliphatic rings. The molecule has 0 saturated carbocycles. The van der Waals surface area contributed by atoms with Gasteiger partial charge in [0.25, 0.3) is 0 Å². The first kappa shape index (κ1) is 15.8. The Kier molecular flexibility index (Phi) is 6.02. The van der Waals surface area contributed by atoms with Gasteiger partial charge in [-0.15, -0.1) is 0 Å². The van der Waals surface area contributed by atoms with Gasteiger partial charge in [0.15, 0.2) is 0 Å². The molecule has 0 aliphatic carbocycles. The van der Waals surface area contributed by atoms with Crippen molar-refractivity contribution in [1.82, 2.24) is 10.2 Å². The van der Waals surface area contributed by atoms with Gasteiger partial charge in [0.05, 0.1) is 5.56 Å². The van der Waals surface area contributed by atoms with Gasteiger partial charge in [0.2, 0.25) is 0 Å². The van der Waals surface area contributed by atoms with Gasteiger partial charge in [-0.3, -0.25) is 0 Å². The van der Waals surface area contributed by atoms with Gasteiger partial charge in [-0.25, -0.2) is 4.79 Å². The monoisotopic (exact) mass is 292 g/mol. The maximum Gasteiger partial charge on any atom is 0.335 e. The van der Waals surface area contributed by atoms with Crippen molar-refractivity contribution in [2.75, 3.05) is 33.3 Å². The summed E-state index contributed by atoms with van der Waals surface area (Å²) < 4.78 is 5.59. The quantitative estimate of drug-likeness (QED) is 0.751. The van der Waals surface area contributed by atoms with E-state index < -0.39 is 5.97 Å². The number of likely N-dealkylation sites (N-methyl/N-ethyl adjacent to an activating group) is 1. The Hall–Kier alpha value is -1.59. The molecule has 2 N–H and O–H groups in total. The van der Waals surface area contributed by atoms with E-state index >= 15 is 0 Å². The van der Waals surface area contributed by atoms with Gasteiger partial charge in [-0.1, -0.05) is 6.42 Å². The van der Waals surface area contributed by atoms with E-state index in [9.17, 15) is 4.79 Å². The van der Waals surface area contributed by atoms with E-state index in [1.807, 2.05) is 0 Å². The number of rotatable bonds is 7. The van der Waals surface area contributed by atoms with Crippen LogP contribution in [-0.2, 0) is 0 Å². The van der Waals surface area contributed by atoms with Gasteiger partial charge in [0.1, 0.15) is 12.4 Å². The summed E-state index contributed by atoms with van der Waals surface area (Å²) in [5.41, 5.74) is 0.279. The fourth-order valence-corrected chi connectivity index (χ4v) is 2.61. The number of nitrogens with zero attached hydrogens (tertiary/aromatic N) is 1. The Balaban J connectivity index is 1.62. The molecule has 0 amide bonds. The highest BCUT2D eigenvalue weighted by molar-refractivity contribution is 5.87. The predicted molar refractivity (Wildman–Crippen MR) is 82.0 cm³/mol. The Morgan fingerprint density at radius 2 is 2.14 bits per heavy atom. The second-order valence-electron chi connectivity index (χ2n) is 5.51. The highest BCUT2D eigenvalue weighted by Crippen LogP contribution is 2.14. The fraction of sp³-hybridized carbons (Fsp3) is 0.562. The minimum absolute atomic E-state index is 0.279. The van der Waals surface area contributed by atoms with Crippen LogP contribution in [0.5, 0.6) is 5.75 Å². The van der Waals surface area contributed by atoms with E-state index in [-0.39, 0.29) is 5.56 Å². The van der Waals surface area contributed by atoms with Gasteiger partial charge >= 0.3 is 5.97 Å². The van der Waals surface area contributed by atoms with Gasteiger partial charge in [-0.05, 0) is 50.7 Å². The Bertz CT molecular complexity index is 447. The van der Waals surface area contributed by atoms with E-state index in [0.29, 0.717) is 18.4 Å². The molecule has 0 bridgehead atoms. The van der Waals surface area contributed by atoms with Crippen molar-refractivity contribution in [3.8, 4) is 5.75 Å². The molecule has 0 radical (unpaired) electrons. The minimum Gasteiger partial charge on any atom is -0.492 e. The van der Waals surface area contributed by atoms with Gasteiger partial charge in [-0.2, -0.15) is 0 Å².